The van der Waals surface area contributed by atoms with Crippen molar-refractivity contribution in [3.63, 3.8) is 0 Å². The van der Waals surface area contributed by atoms with E-state index in [0.717, 1.165) is 25.7 Å². The minimum Gasteiger partial charge on any atom is -0.269 e. The fraction of sp³-hybridized carbons (Fsp3) is 1.00. The maximum atomic E-state index is 9.83. The van der Waals surface area contributed by atoms with Crippen LogP contribution in [0.2, 0.25) is 0 Å². The van der Waals surface area contributed by atoms with Crippen LogP contribution < -0.4 is 0 Å². The van der Waals surface area contributed by atoms with Crippen molar-refractivity contribution in [1.82, 2.24) is 5.17 Å². The number of hydrogen-bond donors (Lipinski definition) is 1. The average Bonchev–Trinajstić information content (AvgIpc) is 2.05. The average molecular weight is 184 g/mol. The molecule has 11 heavy (non-hydrogen) atoms. The molecule has 1 N–H and O–H groups in total. The minimum absolute atomic E-state index is 0. The summed E-state index contributed by atoms with van der Waals surface area (Å²) >= 11 is 0. The fourth-order valence-corrected chi connectivity index (χ4v) is 1.38. The quantitative estimate of drug-likeness (QED) is 0.400. The molecule has 0 bridgehead atoms. The summed E-state index contributed by atoms with van der Waals surface area (Å²) < 4.78 is 0. The molecule has 0 aromatic carbocycles. The van der Waals surface area contributed by atoms with E-state index in [1.807, 2.05) is 0 Å². The molecule has 5 heteroatoms. The molecule has 4 nitrogen and oxygen atoms in total. The van der Waals surface area contributed by atoms with Crippen LogP contribution >= 0.6 is 0 Å². The molecule has 60 valence electrons. The predicted octanol–water partition coefficient (Wildman–Crippen LogP) is 1.31. The summed E-state index contributed by atoms with van der Waals surface area (Å²) in [5.41, 5.74) is 0. The number of hydrogen-bond acceptors (Lipinski definition) is 3. The van der Waals surface area contributed by atoms with Crippen LogP contribution in [0.1, 0.15) is 32.1 Å². The van der Waals surface area contributed by atoms with Gasteiger partial charge in [0.2, 0.25) is 0 Å². The molecule has 1 aliphatic rings. The summed E-state index contributed by atoms with van der Waals surface area (Å²) in [5, 5.41) is 11.8. The van der Waals surface area contributed by atoms with Crippen LogP contribution in [-0.2, 0) is 0 Å². The molecule has 0 aliphatic heterocycles. The second-order valence-corrected chi connectivity index (χ2v) is 2.69. The van der Waals surface area contributed by atoms with E-state index in [1.165, 1.54) is 6.42 Å². The van der Waals surface area contributed by atoms with Gasteiger partial charge in [0, 0.05) is 37.7 Å². The van der Waals surface area contributed by atoms with Gasteiger partial charge in [0.25, 0.3) is 0 Å². The molecule has 1 saturated carbocycles. The normalized spacial score (nSPS) is 18.6. The van der Waals surface area contributed by atoms with Gasteiger partial charge in [0.1, 0.15) is 0 Å². The Morgan fingerprint density at radius 2 is 1.82 bits per heavy atom. The first-order valence-electron chi connectivity index (χ1n) is 3.66. The Balaban J connectivity index is 0.000001000. The van der Waals surface area contributed by atoms with Crippen molar-refractivity contribution in [2.75, 3.05) is 0 Å². The van der Waals surface area contributed by atoms with Crippen molar-refractivity contribution < 1.29 is 5.21 Å². The maximum Gasteiger partial charge on any atom is 0.0790 e. The van der Waals surface area contributed by atoms with Gasteiger partial charge in [0.05, 0.1) is 11.3 Å². The molecule has 0 spiro atoms. The van der Waals surface area contributed by atoms with Crippen LogP contribution in [0, 0.1) is 4.91 Å². The van der Waals surface area contributed by atoms with Crippen molar-refractivity contribution in [3.8, 4) is 0 Å². The molecule has 1 fully saturated rings. The van der Waals surface area contributed by atoms with Crippen LogP contribution in [0.25, 0.3) is 0 Å². The summed E-state index contributed by atoms with van der Waals surface area (Å²) in [6, 6.07) is -0.0220. The standard InChI is InChI=1S/C6H12N2O2.Ca/c9-7-8(10)6-4-2-1-3-5-6;/h6,10H,1-5H2;. The Labute approximate surface area is 95.8 Å². The monoisotopic (exact) mass is 184 g/mol. The van der Waals surface area contributed by atoms with Crippen molar-refractivity contribution in [1.29, 1.82) is 0 Å². The van der Waals surface area contributed by atoms with Gasteiger partial charge in [-0.2, -0.15) is 0 Å². The van der Waals surface area contributed by atoms with Crippen molar-refractivity contribution in [2.45, 2.75) is 38.1 Å². The first-order chi connectivity index (χ1) is 4.84. The zero-order chi connectivity index (χ0) is 7.40. The minimum atomic E-state index is -0.0220. The first kappa shape index (κ1) is 11.6. The molecule has 0 aromatic heterocycles. The first-order valence-corrected chi connectivity index (χ1v) is 3.66. The van der Waals surface area contributed by atoms with Gasteiger partial charge in [0.15, 0.2) is 0 Å². The third-order valence-corrected chi connectivity index (χ3v) is 1.98. The molecule has 1 aliphatic carbocycles. The van der Waals surface area contributed by atoms with E-state index in [9.17, 15) is 4.91 Å². The molecular formula is C6H12CaN2O2. The fourth-order valence-electron chi connectivity index (χ4n) is 1.38. The molecule has 0 aromatic rings. The number of rotatable bonds is 2. The largest absolute Gasteiger partial charge is 0.269 e. The Morgan fingerprint density at radius 3 is 2.27 bits per heavy atom. The number of hydroxylamine groups is 1. The Hall–Kier alpha value is 0.620. The second-order valence-electron chi connectivity index (χ2n) is 2.69. The third kappa shape index (κ3) is 3.69. The van der Waals surface area contributed by atoms with E-state index in [2.05, 4.69) is 5.29 Å². The molecule has 0 heterocycles. The predicted molar refractivity (Wildman–Crippen MR) is 42.0 cm³/mol. The van der Waals surface area contributed by atoms with E-state index >= 15 is 0 Å². The van der Waals surface area contributed by atoms with Gasteiger partial charge in [-0.1, -0.05) is 19.3 Å². The summed E-state index contributed by atoms with van der Waals surface area (Å²) in [5.74, 6) is 0. The smallest absolute Gasteiger partial charge is 0.0790 e. The van der Waals surface area contributed by atoms with Crippen LogP contribution in [0.15, 0.2) is 5.29 Å². The van der Waals surface area contributed by atoms with E-state index in [1.54, 1.807) is 0 Å². The van der Waals surface area contributed by atoms with Gasteiger partial charge >= 0.3 is 0 Å². The summed E-state index contributed by atoms with van der Waals surface area (Å²) in [6.45, 7) is 0. The molecular weight excluding hydrogens is 172 g/mol. The molecule has 0 amide bonds. The number of nitroso groups, excluding NO2 is 1. The summed E-state index contributed by atoms with van der Waals surface area (Å²) in [6.07, 6.45) is 5.18. The second kappa shape index (κ2) is 6.17. The zero-order valence-corrected chi connectivity index (χ0v) is 8.78. The molecule has 0 atom stereocenters. The van der Waals surface area contributed by atoms with E-state index in [-0.39, 0.29) is 43.8 Å². The Kier molecular flexibility index (Phi) is 6.52. The Bertz CT molecular complexity index is 117. The molecule has 1 rings (SSSR count). The third-order valence-electron chi connectivity index (χ3n) is 1.98. The SMILES string of the molecule is O=NN(O)C1CCCCC1.[Ca]. The van der Waals surface area contributed by atoms with E-state index in [0.29, 0.717) is 5.17 Å². The van der Waals surface area contributed by atoms with Crippen LogP contribution in [0.5, 0.6) is 0 Å². The van der Waals surface area contributed by atoms with Gasteiger partial charge < -0.3 is 0 Å². The number of nitrogens with zero attached hydrogens (tertiary/aromatic N) is 2. The van der Waals surface area contributed by atoms with Gasteiger partial charge in [-0.3, -0.25) is 5.21 Å². The van der Waals surface area contributed by atoms with E-state index in [4.69, 9.17) is 5.21 Å². The van der Waals surface area contributed by atoms with Crippen molar-refractivity contribution in [2.24, 2.45) is 5.29 Å². The molecule has 2 radical (unpaired) electrons. The topological polar surface area (TPSA) is 52.9 Å². The maximum absolute atomic E-state index is 9.83. The van der Waals surface area contributed by atoms with Crippen LogP contribution in [-0.4, -0.2) is 54.2 Å². The van der Waals surface area contributed by atoms with Crippen molar-refractivity contribution in [3.05, 3.63) is 4.91 Å². The molecule has 0 unspecified atom stereocenters. The molecule has 0 saturated heterocycles. The van der Waals surface area contributed by atoms with Crippen LogP contribution in [0.3, 0.4) is 0 Å². The zero-order valence-electron chi connectivity index (χ0n) is 6.57. The Morgan fingerprint density at radius 1 is 1.27 bits per heavy atom. The van der Waals surface area contributed by atoms with Crippen LogP contribution in [0.4, 0.5) is 0 Å². The summed E-state index contributed by atoms with van der Waals surface area (Å²) in [7, 11) is 0. The van der Waals surface area contributed by atoms with E-state index < -0.39 is 0 Å². The van der Waals surface area contributed by atoms with Crippen molar-refractivity contribution >= 4 is 37.7 Å². The summed E-state index contributed by atoms with van der Waals surface area (Å²) in [4.78, 5) is 9.83. The van der Waals surface area contributed by atoms with Gasteiger partial charge in [-0.25, -0.2) is 0 Å². The van der Waals surface area contributed by atoms with Gasteiger partial charge in [-0.05, 0) is 12.8 Å². The van der Waals surface area contributed by atoms with Gasteiger partial charge in [-0.15, -0.1) is 10.1 Å².